The second kappa shape index (κ2) is 5.40. The fraction of sp³-hybridized carbons (Fsp3) is 0.526. The van der Waals surface area contributed by atoms with E-state index in [-0.39, 0.29) is 5.95 Å². The molecule has 2 aliphatic carbocycles. The maximum absolute atomic E-state index is 13.7. The van der Waals surface area contributed by atoms with Crippen LogP contribution in [0.2, 0.25) is 0 Å². The highest BCUT2D eigenvalue weighted by atomic mass is 19.3. The molecule has 29 heavy (non-hydrogen) atoms. The summed E-state index contributed by atoms with van der Waals surface area (Å²) in [6.07, 6.45) is 0.382. The number of benzene rings is 1. The topological polar surface area (TPSA) is 71.2 Å². The van der Waals surface area contributed by atoms with E-state index in [0.717, 1.165) is 6.42 Å². The van der Waals surface area contributed by atoms with Crippen molar-refractivity contribution in [2.24, 2.45) is 5.92 Å². The van der Waals surface area contributed by atoms with Gasteiger partial charge in [-0.25, -0.2) is 4.98 Å². The number of methoxy groups -OCH3 is 1. The van der Waals surface area contributed by atoms with Crippen molar-refractivity contribution in [3.63, 3.8) is 0 Å². The molecule has 1 aromatic carbocycles. The van der Waals surface area contributed by atoms with Gasteiger partial charge in [-0.2, -0.15) is 22.8 Å². The van der Waals surface area contributed by atoms with Crippen LogP contribution in [-0.4, -0.2) is 34.4 Å². The highest BCUT2D eigenvalue weighted by molar-refractivity contribution is 6.00. The number of aromatic nitrogens is 2. The monoisotopic (exact) mass is 408 g/mol. The SMILES string of the molecule is COc1cc(C#N)cc2c1nc1n2C2(CCC2)N1C(=O)CC1CC(F)(F)C1(F)F. The van der Waals surface area contributed by atoms with E-state index in [0.29, 0.717) is 35.2 Å². The van der Waals surface area contributed by atoms with Gasteiger partial charge in [0, 0.05) is 24.8 Å². The molecule has 6 nitrogen and oxygen atoms in total. The lowest BCUT2D eigenvalue weighted by molar-refractivity contribution is -0.313. The summed E-state index contributed by atoms with van der Waals surface area (Å²) < 4.78 is 60.8. The number of alkyl halides is 4. The van der Waals surface area contributed by atoms with Gasteiger partial charge in [0.1, 0.15) is 16.9 Å². The Labute approximate surface area is 162 Å². The molecule has 1 aromatic heterocycles. The van der Waals surface area contributed by atoms with Crippen molar-refractivity contribution < 1.29 is 27.1 Å². The average molecular weight is 408 g/mol. The zero-order chi connectivity index (χ0) is 20.8. The van der Waals surface area contributed by atoms with Crippen LogP contribution in [0.3, 0.4) is 0 Å². The number of carbonyl (C=O) groups excluding carboxylic acids is 1. The Morgan fingerprint density at radius 1 is 1.34 bits per heavy atom. The number of nitriles is 1. The van der Waals surface area contributed by atoms with Gasteiger partial charge in [0.15, 0.2) is 0 Å². The van der Waals surface area contributed by atoms with Gasteiger partial charge in [-0.3, -0.25) is 14.3 Å². The standard InChI is InChI=1S/C19H16F4N4O2/c1-29-13-6-10(9-24)5-12-15(13)25-16-26(12)17(3-2-4-17)27(16)14(28)7-11-8-18(20,21)19(11,22)23/h5-6,11H,2-4,7-8H2,1H3. The highest BCUT2D eigenvalue weighted by Crippen LogP contribution is 2.59. The number of hydrogen-bond acceptors (Lipinski definition) is 4. The molecule has 2 heterocycles. The Kier molecular flexibility index (Phi) is 3.39. The van der Waals surface area contributed by atoms with Gasteiger partial charge in [-0.1, -0.05) is 0 Å². The van der Waals surface area contributed by atoms with E-state index in [1.54, 1.807) is 6.07 Å². The third-order valence-electron chi connectivity index (χ3n) is 6.42. The number of fused-ring (bicyclic) bond motifs is 4. The molecule has 10 heteroatoms. The molecule has 1 spiro atoms. The Hall–Kier alpha value is -2.83. The molecule has 1 unspecified atom stereocenters. The summed E-state index contributed by atoms with van der Waals surface area (Å²) in [6, 6.07) is 5.24. The molecular weight excluding hydrogens is 392 g/mol. The predicted octanol–water partition coefficient (Wildman–Crippen LogP) is 3.78. The van der Waals surface area contributed by atoms with E-state index in [1.165, 1.54) is 18.1 Å². The van der Waals surface area contributed by atoms with E-state index < -0.39 is 42.2 Å². The summed E-state index contributed by atoms with van der Waals surface area (Å²) in [6.45, 7) is 0. The first-order chi connectivity index (χ1) is 13.7. The number of anilines is 1. The van der Waals surface area contributed by atoms with E-state index in [2.05, 4.69) is 11.1 Å². The van der Waals surface area contributed by atoms with Crippen molar-refractivity contribution in [1.82, 2.24) is 9.55 Å². The zero-order valence-corrected chi connectivity index (χ0v) is 15.4. The second-order valence-electron chi connectivity index (χ2n) is 7.90. The molecule has 3 aliphatic rings. The normalized spacial score (nSPS) is 24.8. The van der Waals surface area contributed by atoms with Crippen molar-refractivity contribution in [3.8, 4) is 11.8 Å². The lowest BCUT2D eigenvalue weighted by Gasteiger charge is -2.58. The highest BCUT2D eigenvalue weighted by Gasteiger charge is 2.72. The molecule has 1 amide bonds. The van der Waals surface area contributed by atoms with Gasteiger partial charge in [0.2, 0.25) is 11.9 Å². The molecule has 5 rings (SSSR count). The molecule has 2 fully saturated rings. The number of nitrogens with zero attached hydrogens (tertiary/aromatic N) is 4. The van der Waals surface area contributed by atoms with Crippen molar-refractivity contribution in [2.45, 2.75) is 49.6 Å². The molecular formula is C19H16F4N4O2. The van der Waals surface area contributed by atoms with Crippen LogP contribution in [0, 0.1) is 17.2 Å². The summed E-state index contributed by atoms with van der Waals surface area (Å²) in [4.78, 5) is 18.7. The van der Waals surface area contributed by atoms with Gasteiger partial charge in [0.05, 0.1) is 24.3 Å². The summed E-state index contributed by atoms with van der Waals surface area (Å²) in [5.74, 6) is -9.91. The van der Waals surface area contributed by atoms with Gasteiger partial charge in [-0.05, 0) is 25.3 Å². The lowest BCUT2D eigenvalue weighted by Crippen LogP contribution is -2.67. The Morgan fingerprint density at radius 3 is 2.59 bits per heavy atom. The van der Waals surface area contributed by atoms with Crippen LogP contribution < -0.4 is 9.64 Å². The van der Waals surface area contributed by atoms with Crippen molar-refractivity contribution in [2.75, 3.05) is 12.0 Å². The van der Waals surface area contributed by atoms with Gasteiger partial charge < -0.3 is 4.74 Å². The molecule has 0 radical (unpaired) electrons. The number of imidazole rings is 1. The molecule has 0 bridgehead atoms. The number of halogens is 4. The van der Waals surface area contributed by atoms with Crippen LogP contribution in [0.25, 0.3) is 11.0 Å². The average Bonchev–Trinajstić information content (AvgIpc) is 2.93. The van der Waals surface area contributed by atoms with Crippen LogP contribution in [-0.2, 0) is 10.5 Å². The summed E-state index contributed by atoms with van der Waals surface area (Å²) in [5.41, 5.74) is 0.721. The zero-order valence-electron chi connectivity index (χ0n) is 15.4. The molecule has 1 aliphatic heterocycles. The Morgan fingerprint density at radius 2 is 2.07 bits per heavy atom. The minimum atomic E-state index is -4.18. The van der Waals surface area contributed by atoms with Crippen LogP contribution in [0.4, 0.5) is 23.5 Å². The van der Waals surface area contributed by atoms with Crippen LogP contribution >= 0.6 is 0 Å². The molecule has 2 aromatic rings. The van der Waals surface area contributed by atoms with Crippen LogP contribution in [0.5, 0.6) is 5.75 Å². The number of ether oxygens (including phenoxy) is 1. The van der Waals surface area contributed by atoms with E-state index in [4.69, 9.17) is 4.74 Å². The minimum Gasteiger partial charge on any atom is -0.494 e. The number of rotatable bonds is 3. The maximum atomic E-state index is 13.7. The smallest absolute Gasteiger partial charge is 0.313 e. The third-order valence-corrected chi connectivity index (χ3v) is 6.42. The van der Waals surface area contributed by atoms with Crippen LogP contribution in [0.15, 0.2) is 12.1 Å². The van der Waals surface area contributed by atoms with Crippen molar-refractivity contribution in [3.05, 3.63) is 17.7 Å². The second-order valence-corrected chi connectivity index (χ2v) is 7.90. The van der Waals surface area contributed by atoms with Crippen molar-refractivity contribution in [1.29, 1.82) is 5.26 Å². The van der Waals surface area contributed by atoms with E-state index in [9.17, 15) is 27.6 Å². The quantitative estimate of drug-likeness (QED) is 0.725. The fourth-order valence-corrected chi connectivity index (χ4v) is 4.68. The summed E-state index contributed by atoms with van der Waals surface area (Å²) >= 11 is 0. The van der Waals surface area contributed by atoms with Crippen LogP contribution in [0.1, 0.15) is 37.7 Å². The van der Waals surface area contributed by atoms with E-state index >= 15 is 0 Å². The summed E-state index contributed by atoms with van der Waals surface area (Å²) in [7, 11) is 1.44. The molecule has 0 N–H and O–H groups in total. The molecule has 152 valence electrons. The third kappa shape index (κ3) is 2.05. The fourth-order valence-electron chi connectivity index (χ4n) is 4.68. The first kappa shape index (κ1) is 18.2. The summed E-state index contributed by atoms with van der Waals surface area (Å²) in [5, 5.41) is 9.27. The van der Waals surface area contributed by atoms with Gasteiger partial charge in [-0.15, -0.1) is 0 Å². The predicted molar refractivity (Wildman–Crippen MR) is 92.9 cm³/mol. The Bertz CT molecular complexity index is 1100. The first-order valence-corrected chi connectivity index (χ1v) is 9.26. The molecule has 0 saturated heterocycles. The van der Waals surface area contributed by atoms with Crippen molar-refractivity contribution >= 4 is 22.9 Å². The molecule has 2 saturated carbocycles. The van der Waals surface area contributed by atoms with Gasteiger partial charge in [0.25, 0.3) is 0 Å². The largest absolute Gasteiger partial charge is 0.494 e. The van der Waals surface area contributed by atoms with E-state index in [1.807, 2.05) is 4.57 Å². The first-order valence-electron chi connectivity index (χ1n) is 9.26. The Balaban J connectivity index is 1.53. The number of carbonyl (C=O) groups is 1. The minimum absolute atomic E-state index is 0.271. The lowest BCUT2D eigenvalue weighted by atomic mass is 9.73. The number of amides is 1. The maximum Gasteiger partial charge on any atom is 0.313 e. The molecule has 1 atom stereocenters. The number of hydrogen-bond donors (Lipinski definition) is 0. The van der Waals surface area contributed by atoms with Gasteiger partial charge >= 0.3 is 11.8 Å².